The van der Waals surface area contributed by atoms with Gasteiger partial charge in [-0.15, -0.1) is 0 Å². The van der Waals surface area contributed by atoms with Gasteiger partial charge in [-0.05, 0) is 42.7 Å². The Hall–Kier alpha value is -2.09. The van der Waals surface area contributed by atoms with E-state index in [-0.39, 0.29) is 0 Å². The van der Waals surface area contributed by atoms with Gasteiger partial charge in [0, 0.05) is 19.6 Å². The Morgan fingerprint density at radius 1 is 1.08 bits per heavy atom. The first-order valence-electron chi connectivity index (χ1n) is 8.76. The molecule has 2 aromatic carbocycles. The van der Waals surface area contributed by atoms with Crippen LogP contribution in [0, 0.1) is 0 Å². The second-order valence-corrected chi connectivity index (χ2v) is 8.58. The van der Waals surface area contributed by atoms with Gasteiger partial charge >= 0.3 is 0 Å². The van der Waals surface area contributed by atoms with E-state index in [1.807, 2.05) is 24.3 Å². The number of ether oxygens (including phenoxy) is 1. The molecule has 0 aromatic heterocycles. The minimum absolute atomic E-state index is 0.325. The second-order valence-electron chi connectivity index (χ2n) is 6.93. The number of rotatable bonds is 3. The molecule has 1 spiro atoms. The molecule has 0 atom stereocenters. The number of nitrogens with one attached hydrogen (secondary N) is 2. The third kappa shape index (κ3) is 3.30. The molecule has 2 aromatic rings. The number of hydrogen-bond acceptors (Lipinski definition) is 5. The van der Waals surface area contributed by atoms with Gasteiger partial charge in [0.15, 0.2) is 0 Å². The van der Waals surface area contributed by atoms with Gasteiger partial charge < -0.3 is 10.1 Å². The van der Waals surface area contributed by atoms with E-state index in [0.29, 0.717) is 10.6 Å². The van der Waals surface area contributed by atoms with Crippen molar-refractivity contribution in [3.63, 3.8) is 0 Å². The lowest BCUT2D eigenvalue weighted by atomic mass is 9.96. The SMILES string of the molecule is COc1ccc(CN2CCC3(CC2)Nc2ccccc2S(=O)(=O)N3)cc1. The number of likely N-dealkylation sites (tertiary alicyclic amines) is 1. The van der Waals surface area contributed by atoms with Crippen molar-refractivity contribution in [3.05, 3.63) is 54.1 Å². The van der Waals surface area contributed by atoms with Crippen molar-refractivity contribution < 1.29 is 13.2 Å². The lowest BCUT2D eigenvalue weighted by Crippen LogP contribution is -2.61. The number of piperidine rings is 1. The van der Waals surface area contributed by atoms with Crippen LogP contribution in [0.5, 0.6) is 5.75 Å². The molecule has 0 bridgehead atoms. The normalized spacial score (nSPS) is 21.0. The largest absolute Gasteiger partial charge is 0.497 e. The van der Waals surface area contributed by atoms with E-state index in [2.05, 4.69) is 27.1 Å². The first-order valence-corrected chi connectivity index (χ1v) is 10.2. The summed E-state index contributed by atoms with van der Waals surface area (Å²) in [6, 6.07) is 15.1. The molecule has 1 fully saturated rings. The summed E-state index contributed by atoms with van der Waals surface area (Å²) in [5.41, 5.74) is 1.32. The van der Waals surface area contributed by atoms with E-state index in [9.17, 15) is 8.42 Å². The van der Waals surface area contributed by atoms with Crippen molar-refractivity contribution in [1.82, 2.24) is 9.62 Å². The molecule has 6 nitrogen and oxygen atoms in total. The highest BCUT2D eigenvalue weighted by Crippen LogP contribution is 2.35. The lowest BCUT2D eigenvalue weighted by molar-refractivity contribution is 0.159. The predicted octanol–water partition coefficient (Wildman–Crippen LogP) is 2.39. The molecule has 2 aliphatic heterocycles. The number of fused-ring (bicyclic) bond motifs is 1. The molecule has 1 saturated heterocycles. The van der Waals surface area contributed by atoms with Gasteiger partial charge in [0.2, 0.25) is 10.0 Å². The third-order valence-electron chi connectivity index (χ3n) is 5.16. The van der Waals surface area contributed by atoms with E-state index in [4.69, 9.17) is 4.74 Å². The molecule has 0 aliphatic carbocycles. The second kappa shape index (κ2) is 6.57. The molecular formula is C19H23N3O3S. The molecule has 26 heavy (non-hydrogen) atoms. The van der Waals surface area contributed by atoms with Gasteiger partial charge in [-0.2, -0.15) is 4.72 Å². The number of nitrogens with zero attached hydrogens (tertiary/aromatic N) is 1. The van der Waals surface area contributed by atoms with Crippen molar-refractivity contribution in [2.45, 2.75) is 29.9 Å². The molecule has 4 rings (SSSR count). The van der Waals surface area contributed by atoms with E-state index < -0.39 is 15.7 Å². The summed E-state index contributed by atoms with van der Waals surface area (Å²) in [6.07, 6.45) is 1.44. The van der Waals surface area contributed by atoms with Crippen LogP contribution in [0.15, 0.2) is 53.4 Å². The zero-order valence-electron chi connectivity index (χ0n) is 14.7. The minimum Gasteiger partial charge on any atom is -0.497 e. The summed E-state index contributed by atoms with van der Waals surface area (Å²) in [5, 5.41) is 3.43. The monoisotopic (exact) mass is 373 g/mol. The summed E-state index contributed by atoms with van der Waals surface area (Å²) < 4.78 is 33.3. The van der Waals surface area contributed by atoms with Crippen molar-refractivity contribution in [2.24, 2.45) is 0 Å². The Morgan fingerprint density at radius 2 is 1.77 bits per heavy atom. The molecule has 0 amide bonds. The van der Waals surface area contributed by atoms with Crippen molar-refractivity contribution in [1.29, 1.82) is 0 Å². The maximum Gasteiger partial charge on any atom is 0.244 e. The number of sulfonamides is 1. The topological polar surface area (TPSA) is 70.7 Å². The molecule has 0 saturated carbocycles. The molecule has 2 N–H and O–H groups in total. The predicted molar refractivity (Wildman–Crippen MR) is 101 cm³/mol. The molecule has 0 unspecified atom stereocenters. The highest BCUT2D eigenvalue weighted by molar-refractivity contribution is 7.89. The summed E-state index contributed by atoms with van der Waals surface area (Å²) in [5.74, 6) is 0.853. The van der Waals surface area contributed by atoms with E-state index in [1.165, 1.54) is 5.56 Å². The summed E-state index contributed by atoms with van der Waals surface area (Å²) in [6.45, 7) is 2.50. The first-order chi connectivity index (χ1) is 12.5. The van der Waals surface area contributed by atoms with Crippen LogP contribution in [0.25, 0.3) is 0 Å². The highest BCUT2D eigenvalue weighted by Gasteiger charge is 2.42. The summed E-state index contributed by atoms with van der Waals surface area (Å²) in [7, 11) is -1.82. The van der Waals surface area contributed by atoms with Crippen LogP contribution in [0.2, 0.25) is 0 Å². The van der Waals surface area contributed by atoms with Gasteiger partial charge in [-0.25, -0.2) is 8.42 Å². The van der Waals surface area contributed by atoms with Gasteiger partial charge in [0.05, 0.1) is 12.8 Å². The number of hydrogen-bond donors (Lipinski definition) is 2. The molecule has 7 heteroatoms. The fourth-order valence-corrected chi connectivity index (χ4v) is 5.25. The Bertz CT molecular complexity index is 889. The standard InChI is InChI=1S/C19H23N3O3S/c1-25-16-8-6-15(7-9-16)14-22-12-10-19(11-13-22)20-17-4-2-3-5-18(17)26(23,24)21-19/h2-9,20-21H,10-14H2,1H3. The molecule has 2 heterocycles. The van der Waals surface area contributed by atoms with Gasteiger partial charge in [-0.1, -0.05) is 24.3 Å². The van der Waals surface area contributed by atoms with Gasteiger partial charge in [-0.3, -0.25) is 4.90 Å². The fourth-order valence-electron chi connectivity index (χ4n) is 3.71. The average molecular weight is 373 g/mol. The van der Waals surface area contributed by atoms with Crippen molar-refractivity contribution in [3.8, 4) is 5.75 Å². The van der Waals surface area contributed by atoms with E-state index in [0.717, 1.165) is 38.2 Å². The maximum absolute atomic E-state index is 12.6. The third-order valence-corrected chi connectivity index (χ3v) is 6.75. The minimum atomic E-state index is -3.48. The Kier molecular flexibility index (Phi) is 4.38. The number of benzene rings is 2. The van der Waals surface area contributed by atoms with E-state index >= 15 is 0 Å². The number of anilines is 1. The maximum atomic E-state index is 12.6. The Balaban J connectivity index is 1.45. The van der Waals surface area contributed by atoms with Crippen LogP contribution in [0.3, 0.4) is 0 Å². The van der Waals surface area contributed by atoms with Crippen molar-refractivity contribution in [2.75, 3.05) is 25.5 Å². The summed E-state index contributed by atoms with van der Waals surface area (Å²) in [4.78, 5) is 2.68. The van der Waals surface area contributed by atoms with Gasteiger partial charge in [0.1, 0.15) is 16.3 Å². The van der Waals surface area contributed by atoms with Crippen molar-refractivity contribution >= 4 is 15.7 Å². The fraction of sp³-hybridized carbons (Fsp3) is 0.368. The van der Waals surface area contributed by atoms with Gasteiger partial charge in [0.25, 0.3) is 0 Å². The van der Waals surface area contributed by atoms with Crippen LogP contribution in [0.4, 0.5) is 5.69 Å². The lowest BCUT2D eigenvalue weighted by Gasteiger charge is -2.45. The zero-order chi connectivity index (χ0) is 18.2. The van der Waals surface area contributed by atoms with Crippen LogP contribution in [0.1, 0.15) is 18.4 Å². The number of para-hydroxylation sites is 1. The Morgan fingerprint density at radius 3 is 2.46 bits per heavy atom. The summed E-state index contributed by atoms with van der Waals surface area (Å²) >= 11 is 0. The van der Waals surface area contributed by atoms with Crippen LogP contribution < -0.4 is 14.8 Å². The zero-order valence-corrected chi connectivity index (χ0v) is 15.6. The average Bonchev–Trinajstić information content (AvgIpc) is 2.64. The molecular weight excluding hydrogens is 350 g/mol. The van der Waals surface area contributed by atoms with E-state index in [1.54, 1.807) is 19.2 Å². The van der Waals surface area contributed by atoms with Crippen LogP contribution in [-0.2, 0) is 16.6 Å². The molecule has 2 aliphatic rings. The Labute approximate surface area is 154 Å². The molecule has 0 radical (unpaired) electrons. The first kappa shape index (κ1) is 17.3. The highest BCUT2D eigenvalue weighted by atomic mass is 32.2. The smallest absolute Gasteiger partial charge is 0.244 e. The van der Waals surface area contributed by atoms with Crippen LogP contribution >= 0.6 is 0 Å². The quantitative estimate of drug-likeness (QED) is 0.865. The van der Waals surface area contributed by atoms with Crippen LogP contribution in [-0.4, -0.2) is 39.2 Å². The molecule has 138 valence electrons. The number of methoxy groups -OCH3 is 1.